The summed E-state index contributed by atoms with van der Waals surface area (Å²) in [6.07, 6.45) is 2.07. The highest BCUT2D eigenvalue weighted by Gasteiger charge is 2.43. The van der Waals surface area contributed by atoms with Crippen LogP contribution in [0.4, 0.5) is 5.82 Å². The fourth-order valence-corrected chi connectivity index (χ4v) is 4.80. The molecule has 1 fully saturated rings. The largest absolute Gasteiger partial charge is 0.486 e. The van der Waals surface area contributed by atoms with Gasteiger partial charge >= 0.3 is 0 Å². The monoisotopic (exact) mass is 387 g/mol. The summed E-state index contributed by atoms with van der Waals surface area (Å²) in [5.74, 6) is 1.90. The normalized spacial score (nSPS) is 18.0. The molecule has 1 saturated heterocycles. The lowest BCUT2D eigenvalue weighted by Crippen LogP contribution is -2.51. The van der Waals surface area contributed by atoms with Crippen LogP contribution in [0.25, 0.3) is 11.0 Å². The number of hydrogen-bond acceptors (Lipinski definition) is 5. The van der Waals surface area contributed by atoms with Gasteiger partial charge in [0.2, 0.25) is 0 Å². The molecule has 0 N–H and O–H groups in total. The second kappa shape index (κ2) is 6.55. The first-order valence-corrected chi connectivity index (χ1v) is 10.3. The average Bonchev–Trinajstić information content (AvgIpc) is 2.67. The number of para-hydroxylation sites is 2. The van der Waals surface area contributed by atoms with Crippen LogP contribution < -0.4 is 9.64 Å². The molecule has 1 spiro atoms. The summed E-state index contributed by atoms with van der Waals surface area (Å²) >= 11 is 0. The molecule has 2 aliphatic rings. The number of nitrogens with zero attached hydrogens (tertiary/aromatic N) is 3. The van der Waals surface area contributed by atoms with Crippen LogP contribution in [-0.2, 0) is 0 Å². The van der Waals surface area contributed by atoms with Crippen LogP contribution in [0, 0.1) is 20.8 Å². The first-order chi connectivity index (χ1) is 13.9. The van der Waals surface area contributed by atoms with Gasteiger partial charge in [0, 0.05) is 25.9 Å². The molecule has 2 aliphatic heterocycles. The van der Waals surface area contributed by atoms with Crippen molar-refractivity contribution in [2.75, 3.05) is 18.0 Å². The smallest absolute Gasteiger partial charge is 0.170 e. The molecule has 5 heteroatoms. The Morgan fingerprint density at radius 2 is 1.69 bits per heavy atom. The number of ketones is 1. The summed E-state index contributed by atoms with van der Waals surface area (Å²) in [6.45, 7) is 7.67. The Kier molecular flexibility index (Phi) is 4.09. The topological polar surface area (TPSA) is 55.3 Å². The molecule has 2 aromatic carbocycles. The SMILES string of the molecule is Cc1cc(C)c2c(c1)OC1(CCN(c3nc4ccccc4nc3C)CC1)CC2=O. The summed E-state index contributed by atoms with van der Waals surface area (Å²) in [5.41, 5.74) is 5.28. The third kappa shape index (κ3) is 3.05. The predicted molar refractivity (Wildman–Crippen MR) is 114 cm³/mol. The molecule has 0 amide bonds. The predicted octanol–water partition coefficient (Wildman–Crippen LogP) is 4.56. The van der Waals surface area contributed by atoms with Crippen molar-refractivity contribution in [3.05, 3.63) is 58.8 Å². The molecule has 0 bridgehead atoms. The van der Waals surface area contributed by atoms with E-state index in [9.17, 15) is 4.79 Å². The van der Waals surface area contributed by atoms with Crippen LogP contribution in [-0.4, -0.2) is 34.4 Å². The minimum absolute atomic E-state index is 0.207. The van der Waals surface area contributed by atoms with Crippen molar-refractivity contribution in [1.29, 1.82) is 0 Å². The number of anilines is 1. The number of fused-ring (bicyclic) bond motifs is 2. The summed E-state index contributed by atoms with van der Waals surface area (Å²) < 4.78 is 6.49. The van der Waals surface area contributed by atoms with Crippen molar-refractivity contribution >= 4 is 22.6 Å². The maximum atomic E-state index is 12.9. The molecular weight excluding hydrogens is 362 g/mol. The van der Waals surface area contributed by atoms with E-state index in [1.54, 1.807) is 0 Å². The van der Waals surface area contributed by atoms with Crippen LogP contribution in [0.2, 0.25) is 0 Å². The van der Waals surface area contributed by atoms with E-state index in [0.29, 0.717) is 6.42 Å². The number of Topliss-reactive ketones (excluding diaryl/α,β-unsaturated/α-hetero) is 1. The van der Waals surface area contributed by atoms with Crippen LogP contribution >= 0.6 is 0 Å². The van der Waals surface area contributed by atoms with Crippen LogP contribution in [0.1, 0.15) is 46.4 Å². The number of benzene rings is 2. The highest BCUT2D eigenvalue weighted by Crippen LogP contribution is 2.41. The molecule has 5 nitrogen and oxygen atoms in total. The summed E-state index contributed by atoms with van der Waals surface area (Å²) in [7, 11) is 0. The van der Waals surface area contributed by atoms with E-state index >= 15 is 0 Å². The van der Waals surface area contributed by atoms with E-state index in [1.807, 2.05) is 51.1 Å². The Balaban J connectivity index is 1.41. The van der Waals surface area contributed by atoms with Gasteiger partial charge in [0.1, 0.15) is 11.4 Å². The third-order valence-corrected chi connectivity index (χ3v) is 6.23. The zero-order valence-electron chi connectivity index (χ0n) is 17.2. The maximum absolute atomic E-state index is 12.9. The zero-order chi connectivity index (χ0) is 20.2. The van der Waals surface area contributed by atoms with E-state index in [-0.39, 0.29) is 5.78 Å². The molecule has 0 aliphatic carbocycles. The van der Waals surface area contributed by atoms with Crippen LogP contribution in [0.3, 0.4) is 0 Å². The number of ether oxygens (including phenoxy) is 1. The molecule has 3 heterocycles. The first kappa shape index (κ1) is 18.1. The van der Waals surface area contributed by atoms with Crippen molar-refractivity contribution in [2.24, 2.45) is 0 Å². The first-order valence-electron chi connectivity index (χ1n) is 10.3. The number of carbonyl (C=O) groups is 1. The zero-order valence-corrected chi connectivity index (χ0v) is 17.2. The van der Waals surface area contributed by atoms with Gasteiger partial charge in [-0.3, -0.25) is 4.79 Å². The minimum Gasteiger partial charge on any atom is -0.486 e. The quantitative estimate of drug-likeness (QED) is 0.613. The highest BCUT2D eigenvalue weighted by atomic mass is 16.5. The average molecular weight is 387 g/mol. The lowest BCUT2D eigenvalue weighted by atomic mass is 9.81. The Bertz CT molecular complexity index is 1130. The number of piperidine rings is 1. The van der Waals surface area contributed by atoms with Gasteiger partial charge in [-0.05, 0) is 50.1 Å². The van der Waals surface area contributed by atoms with Crippen molar-refractivity contribution in [3.8, 4) is 5.75 Å². The van der Waals surface area contributed by atoms with Crippen LogP contribution in [0.5, 0.6) is 5.75 Å². The molecule has 148 valence electrons. The number of rotatable bonds is 1. The van der Waals surface area contributed by atoms with Crippen molar-refractivity contribution in [1.82, 2.24) is 9.97 Å². The van der Waals surface area contributed by atoms with E-state index in [4.69, 9.17) is 14.7 Å². The lowest BCUT2D eigenvalue weighted by molar-refractivity contribution is 0.0229. The minimum atomic E-state index is -0.404. The Morgan fingerprint density at radius 3 is 2.41 bits per heavy atom. The molecule has 5 rings (SSSR count). The van der Waals surface area contributed by atoms with Gasteiger partial charge in [-0.25, -0.2) is 9.97 Å². The molecule has 0 unspecified atom stereocenters. The summed E-state index contributed by atoms with van der Waals surface area (Å²) in [4.78, 5) is 24.8. The van der Waals surface area contributed by atoms with Gasteiger partial charge < -0.3 is 9.64 Å². The number of hydrogen-bond donors (Lipinski definition) is 0. The molecule has 29 heavy (non-hydrogen) atoms. The van der Waals surface area contributed by atoms with Gasteiger partial charge in [0.05, 0.1) is 28.7 Å². The molecular formula is C24H25N3O2. The molecule has 0 saturated carbocycles. The molecule has 0 atom stereocenters. The van der Waals surface area contributed by atoms with Crippen molar-refractivity contribution in [3.63, 3.8) is 0 Å². The number of aryl methyl sites for hydroxylation is 3. The summed E-state index contributed by atoms with van der Waals surface area (Å²) in [5, 5.41) is 0. The fraction of sp³-hybridized carbons (Fsp3) is 0.375. The van der Waals surface area contributed by atoms with Crippen LogP contribution in [0.15, 0.2) is 36.4 Å². The number of carbonyl (C=O) groups excluding carboxylic acids is 1. The van der Waals surface area contributed by atoms with Gasteiger partial charge in [-0.1, -0.05) is 18.2 Å². The lowest BCUT2D eigenvalue weighted by Gasteiger charge is -2.44. The van der Waals surface area contributed by atoms with Gasteiger partial charge in [0.25, 0.3) is 0 Å². The van der Waals surface area contributed by atoms with Gasteiger partial charge in [0.15, 0.2) is 11.6 Å². The molecule has 3 aromatic rings. The van der Waals surface area contributed by atoms with E-state index in [0.717, 1.165) is 70.9 Å². The Labute approximate surface area is 170 Å². The van der Waals surface area contributed by atoms with Gasteiger partial charge in [-0.15, -0.1) is 0 Å². The summed E-state index contributed by atoms with van der Waals surface area (Å²) in [6, 6.07) is 12.0. The fourth-order valence-electron chi connectivity index (χ4n) is 4.80. The number of aromatic nitrogens is 2. The molecule has 0 radical (unpaired) electrons. The van der Waals surface area contributed by atoms with Crippen molar-refractivity contribution in [2.45, 2.75) is 45.6 Å². The third-order valence-electron chi connectivity index (χ3n) is 6.23. The van der Waals surface area contributed by atoms with Crippen molar-refractivity contribution < 1.29 is 9.53 Å². The molecule has 1 aromatic heterocycles. The van der Waals surface area contributed by atoms with E-state index in [2.05, 4.69) is 11.0 Å². The van der Waals surface area contributed by atoms with E-state index in [1.165, 1.54) is 0 Å². The second-order valence-electron chi connectivity index (χ2n) is 8.45. The van der Waals surface area contributed by atoms with E-state index < -0.39 is 5.60 Å². The standard InChI is InChI=1S/C24H25N3O2/c1-15-12-16(2)22-20(28)14-24(29-21(22)13-15)8-10-27(11-9-24)23-17(3)25-18-6-4-5-7-19(18)26-23/h4-7,12-13H,8-11,14H2,1-3H3. The Morgan fingerprint density at radius 1 is 1.00 bits per heavy atom. The van der Waals surface area contributed by atoms with Gasteiger partial charge in [-0.2, -0.15) is 0 Å². The Hall–Kier alpha value is -2.95. The second-order valence-corrected chi connectivity index (χ2v) is 8.45. The highest BCUT2D eigenvalue weighted by molar-refractivity contribution is 6.01. The maximum Gasteiger partial charge on any atom is 0.170 e.